The van der Waals surface area contributed by atoms with Crippen molar-refractivity contribution in [3.63, 3.8) is 0 Å². The molecule has 0 radical (unpaired) electrons. The maximum atomic E-state index is 10.4. The summed E-state index contributed by atoms with van der Waals surface area (Å²) in [5.41, 5.74) is 2.84. The van der Waals surface area contributed by atoms with Crippen LogP contribution in [0.15, 0.2) is 5.51 Å². The number of unbranched alkanes of at least 4 members (excludes halogenated alkanes) is 6. The first-order chi connectivity index (χ1) is 11.5. The van der Waals surface area contributed by atoms with Gasteiger partial charge in [0.05, 0.1) is 17.8 Å². The Bertz CT molecular complexity index is 460. The van der Waals surface area contributed by atoms with E-state index in [9.17, 15) is 9.59 Å². The Morgan fingerprint density at radius 2 is 1.79 bits per heavy atom. The van der Waals surface area contributed by atoms with Gasteiger partial charge in [0, 0.05) is 24.6 Å². The van der Waals surface area contributed by atoms with E-state index >= 15 is 0 Å². The maximum absolute atomic E-state index is 10.4. The first-order valence-corrected chi connectivity index (χ1v) is 9.59. The van der Waals surface area contributed by atoms with E-state index in [0.717, 1.165) is 25.0 Å². The van der Waals surface area contributed by atoms with Crippen LogP contribution in [0.3, 0.4) is 0 Å². The summed E-state index contributed by atoms with van der Waals surface area (Å²) in [4.78, 5) is 25.8. The van der Waals surface area contributed by atoms with Gasteiger partial charge >= 0.3 is 11.9 Å². The molecule has 0 amide bonds. The van der Waals surface area contributed by atoms with Crippen LogP contribution in [-0.2, 0) is 20.7 Å². The fourth-order valence-corrected chi connectivity index (χ4v) is 2.85. The quantitative estimate of drug-likeness (QED) is 0.456. The Morgan fingerprint density at radius 3 is 2.29 bits per heavy atom. The molecule has 0 fully saturated rings. The van der Waals surface area contributed by atoms with E-state index in [1.165, 1.54) is 43.9 Å². The summed E-state index contributed by atoms with van der Waals surface area (Å²) in [5, 5.41) is 8.35. The lowest BCUT2D eigenvalue weighted by molar-refractivity contribution is -0.141. The standard InChI is InChI=1S/C10H20O2.C8H11NO2S/c1-2-3-4-5-6-7-8-9-10(11)12;1-6-8(12-5-9-6)3-4-11-7(2)10/h2-9H2,1H3,(H,11,12);5H,3-4H2,1-2H3. The summed E-state index contributed by atoms with van der Waals surface area (Å²) >= 11 is 1.60. The number of hydrogen-bond donors (Lipinski definition) is 1. The van der Waals surface area contributed by atoms with Crippen molar-refractivity contribution in [2.24, 2.45) is 0 Å². The normalized spacial score (nSPS) is 9.96. The zero-order chi connectivity index (χ0) is 18.2. The van der Waals surface area contributed by atoms with Gasteiger partial charge in [0.1, 0.15) is 0 Å². The average molecular weight is 358 g/mol. The highest BCUT2D eigenvalue weighted by Crippen LogP contribution is 2.12. The number of carboxylic acids is 1. The van der Waals surface area contributed by atoms with Crippen LogP contribution in [-0.4, -0.2) is 28.6 Å². The summed E-state index contributed by atoms with van der Waals surface area (Å²) in [6, 6.07) is 0. The number of aromatic nitrogens is 1. The molecule has 24 heavy (non-hydrogen) atoms. The number of hydrogen-bond acceptors (Lipinski definition) is 5. The van der Waals surface area contributed by atoms with E-state index in [4.69, 9.17) is 9.84 Å². The minimum atomic E-state index is -0.663. The molecular weight excluding hydrogens is 326 g/mol. The van der Waals surface area contributed by atoms with Gasteiger partial charge in [-0.15, -0.1) is 11.3 Å². The lowest BCUT2D eigenvalue weighted by atomic mass is 10.1. The highest BCUT2D eigenvalue weighted by Gasteiger charge is 2.01. The third kappa shape index (κ3) is 14.2. The molecule has 1 aromatic rings. The second-order valence-corrected chi connectivity index (χ2v) is 6.66. The highest BCUT2D eigenvalue weighted by molar-refractivity contribution is 7.09. The molecule has 1 heterocycles. The molecule has 0 bridgehead atoms. The Morgan fingerprint density at radius 1 is 1.17 bits per heavy atom. The number of thiazole rings is 1. The summed E-state index contributed by atoms with van der Waals surface area (Å²) in [6.45, 7) is 6.03. The lowest BCUT2D eigenvalue weighted by Gasteiger charge is -1.99. The zero-order valence-corrected chi connectivity index (χ0v) is 16.0. The van der Waals surface area contributed by atoms with Crippen LogP contribution in [0, 0.1) is 6.92 Å². The summed E-state index contributed by atoms with van der Waals surface area (Å²) < 4.78 is 4.81. The van der Waals surface area contributed by atoms with E-state index in [1.54, 1.807) is 16.8 Å². The summed E-state index contributed by atoms with van der Waals surface area (Å²) in [5.74, 6) is -0.888. The van der Waals surface area contributed by atoms with Gasteiger partial charge in [-0.05, 0) is 13.3 Å². The molecule has 5 nitrogen and oxygen atoms in total. The third-order valence-electron chi connectivity index (χ3n) is 3.47. The fraction of sp³-hybridized carbons (Fsp3) is 0.722. The molecule has 0 saturated carbocycles. The monoisotopic (exact) mass is 357 g/mol. The van der Waals surface area contributed by atoms with Crippen molar-refractivity contribution in [3.8, 4) is 0 Å². The Hall–Kier alpha value is -1.43. The topological polar surface area (TPSA) is 76.5 Å². The molecule has 0 saturated heterocycles. The van der Waals surface area contributed by atoms with Gasteiger partial charge in [0.15, 0.2) is 0 Å². The number of carbonyl (C=O) groups excluding carboxylic acids is 1. The van der Waals surface area contributed by atoms with E-state index in [-0.39, 0.29) is 5.97 Å². The maximum Gasteiger partial charge on any atom is 0.303 e. The second-order valence-electron chi connectivity index (χ2n) is 5.72. The molecule has 1 N–H and O–H groups in total. The van der Waals surface area contributed by atoms with Crippen molar-refractivity contribution in [1.29, 1.82) is 0 Å². The van der Waals surface area contributed by atoms with Gasteiger partial charge in [-0.1, -0.05) is 45.4 Å². The first-order valence-electron chi connectivity index (χ1n) is 8.71. The molecule has 1 rings (SSSR count). The molecular formula is C18H31NO4S. The number of carboxylic acid groups (broad SMARTS) is 1. The number of esters is 1. The van der Waals surface area contributed by atoms with Gasteiger partial charge < -0.3 is 9.84 Å². The lowest BCUT2D eigenvalue weighted by Crippen LogP contribution is -2.02. The van der Waals surface area contributed by atoms with E-state index in [2.05, 4.69) is 11.9 Å². The number of aryl methyl sites for hydroxylation is 1. The largest absolute Gasteiger partial charge is 0.481 e. The summed E-state index contributed by atoms with van der Waals surface area (Å²) in [7, 11) is 0. The van der Waals surface area contributed by atoms with Crippen LogP contribution < -0.4 is 0 Å². The van der Waals surface area contributed by atoms with Gasteiger partial charge in [-0.25, -0.2) is 4.98 Å². The van der Waals surface area contributed by atoms with Crippen molar-refractivity contribution in [3.05, 3.63) is 16.1 Å². The molecule has 1 aromatic heterocycles. The number of aliphatic carboxylic acids is 1. The van der Waals surface area contributed by atoms with Crippen LogP contribution in [0.1, 0.15) is 75.8 Å². The number of carbonyl (C=O) groups is 2. The minimum Gasteiger partial charge on any atom is -0.481 e. The van der Waals surface area contributed by atoms with Crippen LogP contribution in [0.4, 0.5) is 0 Å². The van der Waals surface area contributed by atoms with Crippen molar-refractivity contribution in [1.82, 2.24) is 4.98 Å². The first kappa shape index (κ1) is 22.6. The van der Waals surface area contributed by atoms with E-state index < -0.39 is 5.97 Å². The van der Waals surface area contributed by atoms with E-state index in [1.807, 2.05) is 6.92 Å². The molecule has 0 aliphatic carbocycles. The van der Waals surface area contributed by atoms with Crippen molar-refractivity contribution in [2.45, 2.75) is 78.6 Å². The number of ether oxygens (including phenoxy) is 1. The Balaban J connectivity index is 0.000000441. The summed E-state index contributed by atoms with van der Waals surface area (Å²) in [6.07, 6.45) is 9.42. The Kier molecular flexibility index (Phi) is 14.2. The molecule has 0 aliphatic heterocycles. The predicted octanol–water partition coefficient (Wildman–Crippen LogP) is 4.77. The van der Waals surface area contributed by atoms with Gasteiger partial charge in [0.25, 0.3) is 0 Å². The van der Waals surface area contributed by atoms with Crippen molar-refractivity contribution < 1.29 is 19.4 Å². The minimum absolute atomic E-state index is 0.225. The number of nitrogens with zero attached hydrogens (tertiary/aromatic N) is 1. The molecule has 138 valence electrons. The SMILES string of the molecule is CC(=O)OCCc1scnc1C.CCCCCCCCCC(=O)O. The molecule has 0 unspecified atom stereocenters. The van der Waals surface area contributed by atoms with E-state index in [0.29, 0.717) is 13.0 Å². The third-order valence-corrected chi connectivity index (χ3v) is 4.47. The molecule has 6 heteroatoms. The van der Waals surface area contributed by atoms with Crippen LogP contribution in [0.2, 0.25) is 0 Å². The van der Waals surface area contributed by atoms with Crippen LogP contribution in [0.5, 0.6) is 0 Å². The number of rotatable bonds is 11. The van der Waals surface area contributed by atoms with Crippen molar-refractivity contribution in [2.75, 3.05) is 6.61 Å². The zero-order valence-electron chi connectivity index (χ0n) is 15.2. The van der Waals surface area contributed by atoms with Crippen LogP contribution in [0.25, 0.3) is 0 Å². The predicted molar refractivity (Wildman–Crippen MR) is 97.4 cm³/mol. The van der Waals surface area contributed by atoms with Crippen LogP contribution >= 0.6 is 11.3 Å². The molecule has 0 aliphatic rings. The molecule has 0 atom stereocenters. The highest BCUT2D eigenvalue weighted by atomic mass is 32.1. The van der Waals surface area contributed by atoms with Crippen molar-refractivity contribution >= 4 is 23.3 Å². The van der Waals surface area contributed by atoms with Gasteiger partial charge in [-0.3, -0.25) is 9.59 Å². The molecule has 0 spiro atoms. The smallest absolute Gasteiger partial charge is 0.303 e. The fourth-order valence-electron chi connectivity index (χ4n) is 2.09. The Labute approximate surface area is 149 Å². The average Bonchev–Trinajstić information content (AvgIpc) is 2.92. The van der Waals surface area contributed by atoms with Gasteiger partial charge in [-0.2, -0.15) is 0 Å². The van der Waals surface area contributed by atoms with Gasteiger partial charge in [0.2, 0.25) is 0 Å². The molecule has 0 aromatic carbocycles. The second kappa shape index (κ2) is 15.1.